The highest BCUT2D eigenvalue weighted by molar-refractivity contribution is 6.31. The molecule has 1 fully saturated rings. The number of amides is 1. The van der Waals surface area contributed by atoms with E-state index in [-0.39, 0.29) is 29.9 Å². The van der Waals surface area contributed by atoms with Crippen molar-refractivity contribution in [3.05, 3.63) is 64.7 Å². The molecule has 7 heteroatoms. The molecule has 2 heterocycles. The zero-order valence-electron chi connectivity index (χ0n) is 14.3. The lowest BCUT2D eigenvalue weighted by atomic mass is 10.0. The van der Waals surface area contributed by atoms with Crippen LogP contribution in [0.2, 0.25) is 5.02 Å². The van der Waals surface area contributed by atoms with Gasteiger partial charge in [-0.2, -0.15) is 0 Å². The third-order valence-electron chi connectivity index (χ3n) is 4.46. The Kier molecular flexibility index (Phi) is 7.82. The lowest BCUT2D eigenvalue weighted by Crippen LogP contribution is -2.41. The lowest BCUT2D eigenvalue weighted by Gasteiger charge is -2.31. The first-order chi connectivity index (χ1) is 12.1. The number of halogens is 3. The molecule has 0 bridgehead atoms. The Morgan fingerprint density at radius 1 is 1.27 bits per heavy atom. The maximum Gasteiger partial charge on any atom is 0.257 e. The van der Waals surface area contributed by atoms with Crippen LogP contribution in [0.1, 0.15) is 35.3 Å². The molecule has 140 valence electrons. The van der Waals surface area contributed by atoms with Gasteiger partial charge in [-0.25, -0.2) is 4.39 Å². The van der Waals surface area contributed by atoms with Gasteiger partial charge in [0, 0.05) is 17.3 Å². The van der Waals surface area contributed by atoms with E-state index in [9.17, 15) is 9.18 Å². The quantitative estimate of drug-likeness (QED) is 0.844. The fraction of sp³-hybridized carbons (Fsp3) is 0.368. The summed E-state index contributed by atoms with van der Waals surface area (Å²) in [6, 6.07) is 9.74. The van der Waals surface area contributed by atoms with Crippen molar-refractivity contribution in [1.82, 2.24) is 15.2 Å². The minimum atomic E-state index is -0.549. The fourth-order valence-corrected chi connectivity index (χ4v) is 3.33. The van der Waals surface area contributed by atoms with Gasteiger partial charge in [-0.1, -0.05) is 17.7 Å². The number of benzene rings is 1. The number of hydrogen-bond donors (Lipinski definition) is 1. The first-order valence-corrected chi connectivity index (χ1v) is 8.89. The Bertz CT molecular complexity index is 722. The van der Waals surface area contributed by atoms with Gasteiger partial charge in [0.1, 0.15) is 5.82 Å². The molecule has 1 saturated heterocycles. The van der Waals surface area contributed by atoms with E-state index in [1.54, 1.807) is 11.1 Å². The van der Waals surface area contributed by atoms with Crippen LogP contribution in [0.5, 0.6) is 0 Å². The lowest BCUT2D eigenvalue weighted by molar-refractivity contribution is 0.0637. The third-order valence-corrected chi connectivity index (χ3v) is 4.70. The van der Waals surface area contributed by atoms with E-state index in [1.165, 1.54) is 18.2 Å². The minimum absolute atomic E-state index is 0. The molecule has 26 heavy (non-hydrogen) atoms. The molecule has 1 atom stereocenters. The largest absolute Gasteiger partial charge is 0.330 e. The van der Waals surface area contributed by atoms with Crippen LogP contribution in [0.25, 0.3) is 0 Å². The number of carbonyl (C=O) groups is 1. The van der Waals surface area contributed by atoms with Gasteiger partial charge in [-0.3, -0.25) is 9.78 Å². The van der Waals surface area contributed by atoms with Gasteiger partial charge in [0.05, 0.1) is 17.8 Å². The van der Waals surface area contributed by atoms with Crippen molar-refractivity contribution >= 4 is 29.9 Å². The Morgan fingerprint density at radius 2 is 2.12 bits per heavy atom. The van der Waals surface area contributed by atoms with Crippen LogP contribution in [-0.2, 0) is 6.54 Å². The molecule has 2 aromatic rings. The Labute approximate surface area is 164 Å². The van der Waals surface area contributed by atoms with Gasteiger partial charge < -0.3 is 10.2 Å². The highest BCUT2D eigenvalue weighted by Gasteiger charge is 2.27. The predicted octanol–water partition coefficient (Wildman–Crippen LogP) is 4.08. The third kappa shape index (κ3) is 5.16. The molecule has 0 aliphatic carbocycles. The number of pyridine rings is 1. The highest BCUT2D eigenvalue weighted by Crippen LogP contribution is 2.22. The number of carbonyl (C=O) groups excluding carboxylic acids is 1. The van der Waals surface area contributed by atoms with Crippen molar-refractivity contribution in [3.8, 4) is 0 Å². The van der Waals surface area contributed by atoms with Crippen LogP contribution < -0.4 is 5.32 Å². The standard InChI is InChI=1S/C19H21ClFN3O.ClH/c20-14-6-7-18(21)17(12-14)19(25)24(13-15-4-1-2-10-23-15)16-5-3-9-22-11-8-16;/h1-2,4,6-7,10,12,16,22H,3,5,8-9,11,13H2;1H. The minimum Gasteiger partial charge on any atom is -0.330 e. The normalized spacial score (nSPS) is 17.1. The van der Waals surface area contributed by atoms with Gasteiger partial charge in [0.25, 0.3) is 5.91 Å². The summed E-state index contributed by atoms with van der Waals surface area (Å²) in [4.78, 5) is 19.2. The number of aromatic nitrogens is 1. The number of nitrogens with one attached hydrogen (secondary N) is 1. The Morgan fingerprint density at radius 3 is 2.88 bits per heavy atom. The van der Waals surface area contributed by atoms with Crippen LogP contribution in [0, 0.1) is 5.82 Å². The topological polar surface area (TPSA) is 45.2 Å². The van der Waals surface area contributed by atoms with Gasteiger partial charge in [0.2, 0.25) is 0 Å². The summed E-state index contributed by atoms with van der Waals surface area (Å²) >= 11 is 5.98. The molecular formula is C19H22Cl2FN3O. The van der Waals surface area contributed by atoms with E-state index in [2.05, 4.69) is 10.3 Å². The molecule has 1 aromatic heterocycles. The second kappa shape index (κ2) is 9.86. The van der Waals surface area contributed by atoms with E-state index < -0.39 is 5.82 Å². The van der Waals surface area contributed by atoms with E-state index in [0.717, 1.165) is 38.0 Å². The summed E-state index contributed by atoms with van der Waals surface area (Å²) in [5.41, 5.74) is 0.802. The van der Waals surface area contributed by atoms with Crippen LogP contribution >= 0.6 is 24.0 Å². The molecule has 0 saturated carbocycles. The maximum atomic E-state index is 14.2. The molecule has 0 spiro atoms. The van der Waals surface area contributed by atoms with Gasteiger partial charge >= 0.3 is 0 Å². The average molecular weight is 398 g/mol. The zero-order valence-corrected chi connectivity index (χ0v) is 15.9. The molecule has 4 nitrogen and oxygen atoms in total. The number of rotatable bonds is 4. The van der Waals surface area contributed by atoms with Crippen LogP contribution in [0.4, 0.5) is 4.39 Å². The monoisotopic (exact) mass is 397 g/mol. The molecule has 1 aromatic carbocycles. The number of hydrogen-bond acceptors (Lipinski definition) is 3. The summed E-state index contributed by atoms with van der Waals surface area (Å²) in [6.45, 7) is 2.14. The highest BCUT2D eigenvalue weighted by atomic mass is 35.5. The molecule has 1 N–H and O–H groups in total. The van der Waals surface area contributed by atoms with Crippen molar-refractivity contribution in [1.29, 1.82) is 0 Å². The molecular weight excluding hydrogens is 376 g/mol. The summed E-state index contributed by atoms with van der Waals surface area (Å²) in [6.07, 6.45) is 4.40. The smallest absolute Gasteiger partial charge is 0.257 e. The Hall–Kier alpha value is -1.69. The SMILES string of the molecule is Cl.O=C(c1cc(Cl)ccc1F)N(Cc1ccccn1)C1CCCNCC1. The van der Waals surface area contributed by atoms with Crippen LogP contribution in [0.3, 0.4) is 0 Å². The second-order valence-corrected chi connectivity index (χ2v) is 6.65. The van der Waals surface area contributed by atoms with Crippen LogP contribution in [-0.4, -0.2) is 34.9 Å². The first-order valence-electron chi connectivity index (χ1n) is 8.52. The second-order valence-electron chi connectivity index (χ2n) is 6.21. The van der Waals surface area contributed by atoms with Crippen molar-refractivity contribution in [2.45, 2.75) is 31.8 Å². The van der Waals surface area contributed by atoms with Gasteiger partial charge in [-0.15, -0.1) is 12.4 Å². The maximum absolute atomic E-state index is 14.2. The molecule has 0 radical (unpaired) electrons. The summed E-state index contributed by atoms with van der Waals surface area (Å²) < 4.78 is 14.2. The first kappa shape index (κ1) is 20.6. The number of nitrogens with zero attached hydrogens (tertiary/aromatic N) is 2. The molecule has 1 unspecified atom stereocenters. The van der Waals surface area contributed by atoms with E-state index >= 15 is 0 Å². The molecule has 1 aliphatic rings. The molecule has 1 aliphatic heterocycles. The zero-order chi connectivity index (χ0) is 17.6. The summed E-state index contributed by atoms with van der Waals surface area (Å²) in [5.74, 6) is -0.885. The van der Waals surface area contributed by atoms with Gasteiger partial charge in [-0.05, 0) is 62.7 Å². The van der Waals surface area contributed by atoms with Crippen molar-refractivity contribution < 1.29 is 9.18 Å². The molecule has 3 rings (SSSR count). The van der Waals surface area contributed by atoms with Crippen molar-refractivity contribution in [2.24, 2.45) is 0 Å². The van der Waals surface area contributed by atoms with E-state index in [0.29, 0.717) is 11.6 Å². The van der Waals surface area contributed by atoms with Crippen molar-refractivity contribution in [3.63, 3.8) is 0 Å². The molecule has 1 amide bonds. The summed E-state index contributed by atoms with van der Waals surface area (Å²) in [5, 5.41) is 3.70. The summed E-state index contributed by atoms with van der Waals surface area (Å²) in [7, 11) is 0. The van der Waals surface area contributed by atoms with Crippen molar-refractivity contribution in [2.75, 3.05) is 13.1 Å². The van der Waals surface area contributed by atoms with E-state index in [4.69, 9.17) is 11.6 Å². The van der Waals surface area contributed by atoms with Gasteiger partial charge in [0.15, 0.2) is 0 Å². The van der Waals surface area contributed by atoms with Crippen LogP contribution in [0.15, 0.2) is 42.6 Å². The fourth-order valence-electron chi connectivity index (χ4n) is 3.16. The van der Waals surface area contributed by atoms with E-state index in [1.807, 2.05) is 18.2 Å². The Balaban J connectivity index is 0.00000243. The average Bonchev–Trinajstić information content (AvgIpc) is 2.91. The predicted molar refractivity (Wildman–Crippen MR) is 103 cm³/mol.